The summed E-state index contributed by atoms with van der Waals surface area (Å²) in [6, 6.07) is -0.857. The van der Waals surface area contributed by atoms with Crippen LogP contribution in [0.15, 0.2) is 17.0 Å². The number of ether oxygens (including phenoxy) is 1. The van der Waals surface area contributed by atoms with Crippen LogP contribution >= 0.6 is 0 Å². The number of carbonyl (C=O) groups is 1. The molecule has 0 saturated heterocycles. The molecule has 5 nitrogen and oxygen atoms in total. The van der Waals surface area contributed by atoms with Gasteiger partial charge in [-0.3, -0.25) is 4.79 Å². The van der Waals surface area contributed by atoms with E-state index < -0.39 is 50.3 Å². The van der Waals surface area contributed by atoms with Crippen LogP contribution in [-0.2, 0) is 19.6 Å². The van der Waals surface area contributed by atoms with Crippen molar-refractivity contribution in [3.05, 3.63) is 29.6 Å². The van der Waals surface area contributed by atoms with Gasteiger partial charge in [-0.15, -0.1) is 0 Å². The number of nitrogens with one attached hydrogen (secondary N) is 1. The lowest BCUT2D eigenvalue weighted by Gasteiger charge is -2.20. The molecular weight excluding hydrogens is 311 g/mol. The Morgan fingerprint density at radius 1 is 1.19 bits per heavy atom. The molecule has 0 fully saturated rings. The first kappa shape index (κ1) is 17.4. The standard InChI is InChI=1S/C12H14F3NO4S/c1-6(2)10(12(17)20-3)16-21(18,19)11-8(14)4-7(13)5-9(11)15/h4-6,10,16H,1-3H3. The van der Waals surface area contributed by atoms with Crippen LogP contribution < -0.4 is 4.72 Å². The van der Waals surface area contributed by atoms with Crippen molar-refractivity contribution in [1.29, 1.82) is 0 Å². The SMILES string of the molecule is COC(=O)C(NS(=O)(=O)c1c(F)cc(F)cc1F)C(C)C. The van der Waals surface area contributed by atoms with Gasteiger partial charge in [0.2, 0.25) is 10.0 Å². The fraction of sp³-hybridized carbons (Fsp3) is 0.417. The molecule has 0 spiro atoms. The van der Waals surface area contributed by atoms with Gasteiger partial charge in [0.15, 0.2) is 4.90 Å². The topological polar surface area (TPSA) is 72.5 Å². The van der Waals surface area contributed by atoms with Crippen molar-refractivity contribution in [1.82, 2.24) is 4.72 Å². The molecule has 1 N–H and O–H groups in total. The maximum atomic E-state index is 13.5. The molecule has 0 amide bonds. The van der Waals surface area contributed by atoms with Gasteiger partial charge in [0.1, 0.15) is 23.5 Å². The number of hydrogen-bond donors (Lipinski definition) is 1. The average Bonchev–Trinajstić information content (AvgIpc) is 2.33. The summed E-state index contributed by atoms with van der Waals surface area (Å²) in [6.07, 6.45) is 0. The predicted molar refractivity (Wildman–Crippen MR) is 67.3 cm³/mol. The van der Waals surface area contributed by atoms with E-state index >= 15 is 0 Å². The van der Waals surface area contributed by atoms with Gasteiger partial charge >= 0.3 is 5.97 Å². The first-order valence-electron chi connectivity index (χ1n) is 5.85. The highest BCUT2D eigenvalue weighted by molar-refractivity contribution is 7.89. The lowest BCUT2D eigenvalue weighted by atomic mass is 10.1. The highest BCUT2D eigenvalue weighted by Gasteiger charge is 2.32. The van der Waals surface area contributed by atoms with E-state index in [1.807, 2.05) is 4.72 Å². The second-order valence-corrected chi connectivity index (χ2v) is 6.22. The molecule has 1 atom stereocenters. The number of sulfonamides is 1. The summed E-state index contributed by atoms with van der Waals surface area (Å²) < 4.78 is 70.1. The van der Waals surface area contributed by atoms with Gasteiger partial charge in [-0.1, -0.05) is 13.8 Å². The summed E-state index contributed by atoms with van der Waals surface area (Å²) in [4.78, 5) is 10.1. The third-order valence-corrected chi connectivity index (χ3v) is 4.13. The number of carbonyl (C=O) groups excluding carboxylic acids is 1. The van der Waals surface area contributed by atoms with Crippen molar-refractivity contribution in [2.75, 3.05) is 7.11 Å². The molecular formula is C12H14F3NO4S. The average molecular weight is 325 g/mol. The maximum absolute atomic E-state index is 13.5. The van der Waals surface area contributed by atoms with E-state index in [2.05, 4.69) is 4.74 Å². The van der Waals surface area contributed by atoms with Crippen LogP contribution in [0.4, 0.5) is 13.2 Å². The third-order valence-electron chi connectivity index (χ3n) is 2.64. The number of hydrogen-bond acceptors (Lipinski definition) is 4. The molecule has 118 valence electrons. The minimum absolute atomic E-state index is 0.236. The van der Waals surface area contributed by atoms with Crippen molar-refractivity contribution < 1.29 is 31.1 Å². The summed E-state index contributed by atoms with van der Waals surface area (Å²) in [7, 11) is -3.66. The Kier molecular flexibility index (Phi) is 5.35. The zero-order valence-electron chi connectivity index (χ0n) is 11.5. The number of benzene rings is 1. The van der Waals surface area contributed by atoms with Crippen molar-refractivity contribution in [3.63, 3.8) is 0 Å². The molecule has 9 heteroatoms. The van der Waals surface area contributed by atoms with Crippen molar-refractivity contribution >= 4 is 16.0 Å². The van der Waals surface area contributed by atoms with E-state index in [0.29, 0.717) is 0 Å². The van der Waals surface area contributed by atoms with Crippen molar-refractivity contribution in [2.24, 2.45) is 5.92 Å². The molecule has 0 radical (unpaired) electrons. The van der Waals surface area contributed by atoms with Gasteiger partial charge in [0.05, 0.1) is 7.11 Å². The largest absolute Gasteiger partial charge is 0.468 e. The molecule has 0 aliphatic heterocycles. The first-order chi connectivity index (χ1) is 9.60. The van der Waals surface area contributed by atoms with E-state index in [0.717, 1.165) is 7.11 Å². The van der Waals surface area contributed by atoms with E-state index in [1.165, 1.54) is 13.8 Å². The van der Waals surface area contributed by atoms with Crippen LogP contribution in [-0.4, -0.2) is 27.5 Å². The number of methoxy groups -OCH3 is 1. The summed E-state index contributed by atoms with van der Waals surface area (Å²) in [5.41, 5.74) is 0. The summed E-state index contributed by atoms with van der Waals surface area (Å²) >= 11 is 0. The van der Waals surface area contributed by atoms with Gasteiger partial charge in [-0.2, -0.15) is 4.72 Å². The Morgan fingerprint density at radius 2 is 1.67 bits per heavy atom. The zero-order valence-corrected chi connectivity index (χ0v) is 12.3. The molecule has 0 aliphatic rings. The number of esters is 1. The summed E-state index contributed by atoms with van der Waals surface area (Å²) in [5.74, 6) is -5.87. The molecule has 0 aliphatic carbocycles. The van der Waals surface area contributed by atoms with Crippen LogP contribution in [0.2, 0.25) is 0 Å². The van der Waals surface area contributed by atoms with Gasteiger partial charge in [0, 0.05) is 12.1 Å². The Balaban J connectivity index is 3.26. The first-order valence-corrected chi connectivity index (χ1v) is 7.33. The highest BCUT2D eigenvalue weighted by atomic mass is 32.2. The molecule has 0 heterocycles. The number of halogens is 3. The van der Waals surface area contributed by atoms with Crippen molar-refractivity contribution in [2.45, 2.75) is 24.8 Å². The number of rotatable bonds is 5. The van der Waals surface area contributed by atoms with Crippen molar-refractivity contribution in [3.8, 4) is 0 Å². The Morgan fingerprint density at radius 3 is 2.05 bits per heavy atom. The van der Waals surface area contributed by atoms with Crippen LogP contribution in [0.3, 0.4) is 0 Å². The van der Waals surface area contributed by atoms with E-state index in [4.69, 9.17) is 0 Å². The molecule has 1 rings (SSSR count). The molecule has 1 aromatic carbocycles. The van der Waals surface area contributed by atoms with E-state index in [9.17, 15) is 26.4 Å². The van der Waals surface area contributed by atoms with Crippen LogP contribution in [0.5, 0.6) is 0 Å². The quantitative estimate of drug-likeness (QED) is 0.834. The van der Waals surface area contributed by atoms with Gasteiger partial charge in [-0.25, -0.2) is 21.6 Å². The Hall–Kier alpha value is -1.61. The highest BCUT2D eigenvalue weighted by Crippen LogP contribution is 2.21. The minimum atomic E-state index is -4.71. The van der Waals surface area contributed by atoms with Crippen LogP contribution in [0.25, 0.3) is 0 Å². The third kappa shape index (κ3) is 3.94. The maximum Gasteiger partial charge on any atom is 0.324 e. The van der Waals surface area contributed by atoms with E-state index in [1.54, 1.807) is 0 Å². The fourth-order valence-electron chi connectivity index (χ4n) is 1.60. The molecule has 21 heavy (non-hydrogen) atoms. The molecule has 0 saturated carbocycles. The Labute approximate surface area is 120 Å². The summed E-state index contributed by atoms with van der Waals surface area (Å²) in [5, 5.41) is 0. The lowest BCUT2D eigenvalue weighted by Crippen LogP contribution is -2.45. The molecule has 1 aromatic rings. The smallest absolute Gasteiger partial charge is 0.324 e. The van der Waals surface area contributed by atoms with Gasteiger partial charge in [0.25, 0.3) is 0 Å². The second kappa shape index (κ2) is 6.44. The fourth-order valence-corrected chi connectivity index (χ4v) is 3.05. The lowest BCUT2D eigenvalue weighted by molar-refractivity contribution is -0.143. The predicted octanol–water partition coefficient (Wildman–Crippen LogP) is 1.58. The van der Waals surface area contributed by atoms with Crippen LogP contribution in [0.1, 0.15) is 13.8 Å². The van der Waals surface area contributed by atoms with E-state index in [-0.39, 0.29) is 12.1 Å². The summed E-state index contributed by atoms with van der Waals surface area (Å²) in [6.45, 7) is 3.03. The minimum Gasteiger partial charge on any atom is -0.468 e. The van der Waals surface area contributed by atoms with Gasteiger partial charge < -0.3 is 4.74 Å². The van der Waals surface area contributed by atoms with Crippen LogP contribution in [0, 0.1) is 23.4 Å². The molecule has 0 aromatic heterocycles. The molecule has 1 unspecified atom stereocenters. The normalized spacial score (nSPS) is 13.3. The zero-order chi connectivity index (χ0) is 16.4. The Bertz CT molecular complexity index is 623. The van der Waals surface area contributed by atoms with Gasteiger partial charge in [-0.05, 0) is 5.92 Å². The molecule has 0 bridgehead atoms. The monoisotopic (exact) mass is 325 g/mol. The second-order valence-electron chi connectivity index (χ2n) is 4.56.